The number of methoxy groups -OCH3 is 1. The zero-order valence-electron chi connectivity index (χ0n) is 12.2. The number of amides is 1. The zero-order valence-corrected chi connectivity index (χ0v) is 13.0. The molecule has 3 rings (SSSR count). The van der Waals surface area contributed by atoms with Crippen molar-refractivity contribution >= 4 is 17.7 Å². The van der Waals surface area contributed by atoms with Gasteiger partial charge < -0.3 is 14.4 Å². The van der Waals surface area contributed by atoms with Gasteiger partial charge in [-0.3, -0.25) is 9.78 Å². The van der Waals surface area contributed by atoms with Crippen LogP contribution in [0.4, 0.5) is 0 Å². The van der Waals surface area contributed by atoms with Gasteiger partial charge in [-0.1, -0.05) is 6.07 Å². The first kappa shape index (κ1) is 14.8. The molecule has 1 aromatic rings. The fraction of sp³-hybridized carbons (Fsp3) is 0.600. The molecule has 0 radical (unpaired) electrons. The topological polar surface area (TPSA) is 51.7 Å². The Labute approximate surface area is 129 Å². The van der Waals surface area contributed by atoms with E-state index in [0.29, 0.717) is 6.61 Å². The molecule has 1 amide bonds. The van der Waals surface area contributed by atoms with Crippen molar-refractivity contribution in [2.45, 2.75) is 23.9 Å². The van der Waals surface area contributed by atoms with E-state index in [1.54, 1.807) is 13.3 Å². The molecule has 1 atom stereocenters. The summed E-state index contributed by atoms with van der Waals surface area (Å²) in [6, 6.07) is 5.86. The standard InChI is InChI=1S/C15H20N2O3S/c1-19-8-14(18)17-10-15(11-17)6-13(9-21-15)20-7-12-4-2-3-5-16-12/h2-5,13H,6-11H2,1H3. The maximum absolute atomic E-state index is 11.7. The molecule has 5 nitrogen and oxygen atoms in total. The van der Waals surface area contributed by atoms with Crippen molar-refractivity contribution in [1.29, 1.82) is 0 Å². The SMILES string of the molecule is COCC(=O)N1CC2(CC(OCc3ccccn3)CS2)C1. The van der Waals surface area contributed by atoms with Gasteiger partial charge in [-0.2, -0.15) is 0 Å². The van der Waals surface area contributed by atoms with Crippen LogP contribution in [0.1, 0.15) is 12.1 Å². The largest absolute Gasteiger partial charge is 0.375 e. The molecule has 0 N–H and O–H groups in total. The third-order valence-corrected chi connectivity index (χ3v) is 5.52. The molecule has 2 aliphatic heterocycles. The van der Waals surface area contributed by atoms with Gasteiger partial charge in [-0.25, -0.2) is 0 Å². The summed E-state index contributed by atoms with van der Waals surface area (Å²) in [4.78, 5) is 17.8. The van der Waals surface area contributed by atoms with E-state index >= 15 is 0 Å². The first-order valence-corrected chi connectivity index (χ1v) is 8.11. The van der Waals surface area contributed by atoms with Crippen molar-refractivity contribution in [3.63, 3.8) is 0 Å². The Balaban J connectivity index is 1.43. The molecule has 21 heavy (non-hydrogen) atoms. The Morgan fingerprint density at radius 3 is 3.10 bits per heavy atom. The highest BCUT2D eigenvalue weighted by Gasteiger charge is 2.50. The van der Waals surface area contributed by atoms with E-state index in [9.17, 15) is 4.79 Å². The van der Waals surface area contributed by atoms with Crippen molar-refractivity contribution in [3.05, 3.63) is 30.1 Å². The Morgan fingerprint density at radius 2 is 2.38 bits per heavy atom. The Kier molecular flexibility index (Phi) is 4.47. The van der Waals surface area contributed by atoms with Gasteiger partial charge >= 0.3 is 0 Å². The lowest BCUT2D eigenvalue weighted by Gasteiger charge is -2.47. The molecule has 2 aliphatic rings. The van der Waals surface area contributed by atoms with E-state index in [0.717, 1.165) is 31.0 Å². The molecule has 2 saturated heterocycles. The summed E-state index contributed by atoms with van der Waals surface area (Å²) in [5.74, 6) is 1.08. The number of ether oxygens (including phenoxy) is 2. The highest BCUT2D eigenvalue weighted by molar-refractivity contribution is 8.01. The van der Waals surface area contributed by atoms with Crippen LogP contribution in [0, 0.1) is 0 Å². The minimum Gasteiger partial charge on any atom is -0.375 e. The minimum atomic E-state index is 0.0848. The van der Waals surface area contributed by atoms with Gasteiger partial charge in [0, 0.05) is 32.1 Å². The van der Waals surface area contributed by atoms with Gasteiger partial charge in [0.2, 0.25) is 5.91 Å². The molecule has 114 valence electrons. The number of rotatable bonds is 5. The first-order valence-electron chi connectivity index (χ1n) is 7.13. The van der Waals surface area contributed by atoms with Gasteiger partial charge in [0.15, 0.2) is 0 Å². The van der Waals surface area contributed by atoms with Crippen LogP contribution in [0.15, 0.2) is 24.4 Å². The highest BCUT2D eigenvalue weighted by Crippen LogP contribution is 2.46. The summed E-state index contributed by atoms with van der Waals surface area (Å²) in [7, 11) is 1.55. The van der Waals surface area contributed by atoms with Crippen molar-refractivity contribution in [3.8, 4) is 0 Å². The maximum Gasteiger partial charge on any atom is 0.248 e. The third-order valence-electron chi connectivity index (χ3n) is 3.95. The van der Waals surface area contributed by atoms with Crippen molar-refractivity contribution in [1.82, 2.24) is 9.88 Å². The van der Waals surface area contributed by atoms with Gasteiger partial charge in [-0.05, 0) is 18.6 Å². The van der Waals surface area contributed by atoms with Crippen LogP contribution in [0.25, 0.3) is 0 Å². The smallest absolute Gasteiger partial charge is 0.248 e. The lowest BCUT2D eigenvalue weighted by atomic mass is 9.93. The maximum atomic E-state index is 11.7. The molecule has 1 aromatic heterocycles. The molecule has 0 aliphatic carbocycles. The first-order chi connectivity index (χ1) is 10.2. The average molecular weight is 308 g/mol. The normalized spacial score (nSPS) is 23.3. The van der Waals surface area contributed by atoms with Crippen molar-refractivity contribution in [2.75, 3.05) is 32.6 Å². The van der Waals surface area contributed by atoms with E-state index in [2.05, 4.69) is 4.98 Å². The molecule has 0 saturated carbocycles. The second kappa shape index (κ2) is 6.34. The molecular formula is C15H20N2O3S. The predicted octanol–water partition coefficient (Wildman–Crippen LogP) is 1.33. The lowest BCUT2D eigenvalue weighted by Crippen LogP contribution is -2.61. The fourth-order valence-corrected chi connectivity index (χ4v) is 4.41. The monoisotopic (exact) mass is 308 g/mol. The average Bonchev–Trinajstić information content (AvgIpc) is 2.89. The molecule has 3 heterocycles. The zero-order chi connectivity index (χ0) is 14.7. The van der Waals surface area contributed by atoms with Gasteiger partial charge in [-0.15, -0.1) is 11.8 Å². The summed E-state index contributed by atoms with van der Waals surface area (Å²) >= 11 is 1.93. The van der Waals surface area contributed by atoms with Gasteiger partial charge in [0.05, 0.1) is 23.2 Å². The third kappa shape index (κ3) is 3.39. The van der Waals surface area contributed by atoms with Crippen LogP contribution in [0.3, 0.4) is 0 Å². The summed E-state index contributed by atoms with van der Waals surface area (Å²) in [6.07, 6.45) is 3.06. The Morgan fingerprint density at radius 1 is 1.52 bits per heavy atom. The van der Waals surface area contributed by atoms with Gasteiger partial charge in [0.1, 0.15) is 6.61 Å². The Hall–Kier alpha value is -1.11. The van der Waals surface area contributed by atoms with Crippen LogP contribution in [-0.2, 0) is 20.9 Å². The number of carbonyl (C=O) groups is 1. The number of likely N-dealkylation sites (tertiary alicyclic amines) is 1. The number of thioether (sulfide) groups is 1. The van der Waals surface area contributed by atoms with E-state index in [1.165, 1.54) is 0 Å². The number of hydrogen-bond donors (Lipinski definition) is 0. The molecule has 2 fully saturated rings. The van der Waals surface area contributed by atoms with Gasteiger partial charge in [0.25, 0.3) is 0 Å². The summed E-state index contributed by atoms with van der Waals surface area (Å²) in [5, 5.41) is 0. The van der Waals surface area contributed by atoms with Crippen LogP contribution in [-0.4, -0.2) is 59.2 Å². The molecular weight excluding hydrogens is 288 g/mol. The number of aromatic nitrogens is 1. The van der Waals surface area contributed by atoms with E-state index in [-0.39, 0.29) is 23.4 Å². The number of carbonyl (C=O) groups excluding carboxylic acids is 1. The highest BCUT2D eigenvalue weighted by atomic mass is 32.2. The van der Waals surface area contributed by atoms with E-state index < -0.39 is 0 Å². The second-order valence-electron chi connectivity index (χ2n) is 5.64. The van der Waals surface area contributed by atoms with Crippen LogP contribution in [0.5, 0.6) is 0 Å². The van der Waals surface area contributed by atoms with Crippen LogP contribution >= 0.6 is 11.8 Å². The summed E-state index contributed by atoms with van der Waals surface area (Å²) < 4.78 is 11.0. The van der Waals surface area contributed by atoms with Crippen molar-refractivity contribution in [2.24, 2.45) is 0 Å². The molecule has 0 aromatic carbocycles. The number of nitrogens with zero attached hydrogens (tertiary/aromatic N) is 2. The van der Waals surface area contributed by atoms with E-state index in [1.807, 2.05) is 34.9 Å². The second-order valence-corrected chi connectivity index (χ2v) is 7.12. The lowest BCUT2D eigenvalue weighted by molar-refractivity contribution is -0.140. The van der Waals surface area contributed by atoms with E-state index in [4.69, 9.17) is 9.47 Å². The molecule has 6 heteroatoms. The van der Waals surface area contributed by atoms with Crippen LogP contribution < -0.4 is 0 Å². The quantitative estimate of drug-likeness (QED) is 0.821. The number of hydrogen-bond acceptors (Lipinski definition) is 5. The molecule has 0 bridgehead atoms. The van der Waals surface area contributed by atoms with Crippen molar-refractivity contribution < 1.29 is 14.3 Å². The fourth-order valence-electron chi connectivity index (χ4n) is 2.86. The Bertz CT molecular complexity index is 491. The summed E-state index contributed by atoms with van der Waals surface area (Å²) in [6.45, 7) is 2.39. The molecule has 1 spiro atoms. The summed E-state index contributed by atoms with van der Waals surface area (Å²) in [5.41, 5.74) is 0.967. The number of pyridine rings is 1. The van der Waals surface area contributed by atoms with Crippen LogP contribution in [0.2, 0.25) is 0 Å². The predicted molar refractivity (Wildman–Crippen MR) is 81.1 cm³/mol. The minimum absolute atomic E-state index is 0.0848. The molecule has 1 unspecified atom stereocenters.